The third-order valence-corrected chi connectivity index (χ3v) is 2.86. The van der Waals surface area contributed by atoms with Crippen molar-refractivity contribution in [2.45, 2.75) is 13.8 Å². The van der Waals surface area contributed by atoms with E-state index >= 15 is 0 Å². The van der Waals surface area contributed by atoms with Gasteiger partial charge in [0.05, 0.1) is 0 Å². The molecule has 0 radical (unpaired) electrons. The smallest absolute Gasteiger partial charge is 0.163 e. The second kappa shape index (κ2) is 4.73. The molecule has 2 heterocycles. The summed E-state index contributed by atoms with van der Waals surface area (Å²) in [5.74, 6) is 3.06. The molecule has 0 spiro atoms. The van der Waals surface area contributed by atoms with Crippen molar-refractivity contribution in [3.63, 3.8) is 0 Å². The molecule has 0 aliphatic rings. The molecule has 3 rings (SSSR count). The quantitative estimate of drug-likeness (QED) is 0.766. The van der Waals surface area contributed by atoms with Gasteiger partial charge < -0.3 is 5.73 Å². The van der Waals surface area contributed by atoms with Gasteiger partial charge in [-0.2, -0.15) is 4.68 Å². The first-order valence-corrected chi connectivity index (χ1v) is 6.24. The zero-order chi connectivity index (χ0) is 14.1. The first-order chi connectivity index (χ1) is 9.63. The van der Waals surface area contributed by atoms with Crippen LogP contribution in [-0.2, 0) is 0 Å². The molecule has 2 aromatic heterocycles. The molecule has 1 aromatic carbocycles. The van der Waals surface area contributed by atoms with E-state index in [2.05, 4.69) is 20.1 Å². The van der Waals surface area contributed by atoms with Gasteiger partial charge in [0.1, 0.15) is 17.5 Å². The van der Waals surface area contributed by atoms with Crippen LogP contribution in [0, 0.1) is 13.8 Å². The fourth-order valence-electron chi connectivity index (χ4n) is 2.02. The summed E-state index contributed by atoms with van der Waals surface area (Å²) in [6, 6.07) is 11.4. The monoisotopic (exact) mass is 266 g/mol. The summed E-state index contributed by atoms with van der Waals surface area (Å²) in [5.41, 5.74) is 6.79. The minimum absolute atomic E-state index is 0.404. The molecular formula is C14H14N6. The maximum absolute atomic E-state index is 5.88. The Balaban J connectivity index is 2.14. The Hall–Kier alpha value is -2.76. The van der Waals surface area contributed by atoms with E-state index in [0.29, 0.717) is 23.3 Å². The first kappa shape index (κ1) is 12.3. The van der Waals surface area contributed by atoms with Crippen LogP contribution in [0.15, 0.2) is 36.4 Å². The minimum atomic E-state index is 0.404. The minimum Gasteiger partial charge on any atom is -0.384 e. The second-order valence-corrected chi connectivity index (χ2v) is 4.46. The molecule has 0 saturated heterocycles. The predicted molar refractivity (Wildman–Crippen MR) is 76.3 cm³/mol. The fraction of sp³-hybridized carbons (Fsp3) is 0.143. The van der Waals surface area contributed by atoms with Gasteiger partial charge in [0.25, 0.3) is 0 Å². The topological polar surface area (TPSA) is 82.5 Å². The van der Waals surface area contributed by atoms with Crippen LogP contribution < -0.4 is 5.73 Å². The van der Waals surface area contributed by atoms with E-state index in [1.54, 1.807) is 10.7 Å². The molecule has 0 atom stereocenters. The maximum atomic E-state index is 5.88. The molecule has 100 valence electrons. The van der Waals surface area contributed by atoms with Crippen LogP contribution in [0.5, 0.6) is 0 Å². The van der Waals surface area contributed by atoms with Gasteiger partial charge in [0.2, 0.25) is 0 Å². The lowest BCUT2D eigenvalue weighted by Crippen LogP contribution is -2.06. The van der Waals surface area contributed by atoms with E-state index in [-0.39, 0.29) is 0 Å². The summed E-state index contributed by atoms with van der Waals surface area (Å²) < 4.78 is 1.67. The number of nitrogen functional groups attached to an aromatic ring is 1. The van der Waals surface area contributed by atoms with E-state index < -0.39 is 0 Å². The average Bonchev–Trinajstić information content (AvgIpc) is 2.78. The normalized spacial score (nSPS) is 10.7. The molecule has 6 nitrogen and oxygen atoms in total. The van der Waals surface area contributed by atoms with Crippen molar-refractivity contribution in [2.75, 3.05) is 5.73 Å². The van der Waals surface area contributed by atoms with E-state index in [9.17, 15) is 0 Å². The lowest BCUT2D eigenvalue weighted by Gasteiger charge is -2.06. The van der Waals surface area contributed by atoms with Crippen molar-refractivity contribution in [2.24, 2.45) is 0 Å². The SMILES string of the molecule is Cc1nc(C)n(-c2cc(N)nc(-c3ccccc3)n2)n1. The van der Waals surface area contributed by atoms with Crippen molar-refractivity contribution >= 4 is 5.82 Å². The number of hydrogen-bond acceptors (Lipinski definition) is 5. The molecule has 0 aliphatic heterocycles. The zero-order valence-corrected chi connectivity index (χ0v) is 11.3. The van der Waals surface area contributed by atoms with E-state index in [4.69, 9.17) is 5.73 Å². The van der Waals surface area contributed by atoms with Crippen LogP contribution in [0.2, 0.25) is 0 Å². The highest BCUT2D eigenvalue weighted by Crippen LogP contribution is 2.18. The Morgan fingerprint density at radius 2 is 1.75 bits per heavy atom. The Morgan fingerprint density at radius 3 is 2.40 bits per heavy atom. The van der Waals surface area contributed by atoms with Gasteiger partial charge >= 0.3 is 0 Å². The van der Waals surface area contributed by atoms with Crippen molar-refractivity contribution in [1.82, 2.24) is 24.7 Å². The van der Waals surface area contributed by atoms with E-state index in [1.807, 2.05) is 44.2 Å². The Labute approximate surface area is 116 Å². The van der Waals surface area contributed by atoms with Crippen molar-refractivity contribution in [3.8, 4) is 17.2 Å². The van der Waals surface area contributed by atoms with Crippen molar-refractivity contribution in [3.05, 3.63) is 48.0 Å². The van der Waals surface area contributed by atoms with Crippen LogP contribution in [-0.4, -0.2) is 24.7 Å². The van der Waals surface area contributed by atoms with Crippen LogP contribution in [0.3, 0.4) is 0 Å². The van der Waals surface area contributed by atoms with Crippen LogP contribution in [0.25, 0.3) is 17.2 Å². The zero-order valence-electron chi connectivity index (χ0n) is 11.3. The molecule has 0 saturated carbocycles. The molecule has 0 unspecified atom stereocenters. The molecular weight excluding hydrogens is 252 g/mol. The molecule has 3 aromatic rings. The average molecular weight is 266 g/mol. The number of rotatable bonds is 2. The molecule has 6 heteroatoms. The third-order valence-electron chi connectivity index (χ3n) is 2.86. The van der Waals surface area contributed by atoms with Crippen molar-refractivity contribution < 1.29 is 0 Å². The van der Waals surface area contributed by atoms with Crippen LogP contribution in [0.4, 0.5) is 5.82 Å². The summed E-state index contributed by atoms with van der Waals surface area (Å²) in [5, 5.41) is 4.32. The Kier molecular flexibility index (Phi) is 2.90. The van der Waals surface area contributed by atoms with Gasteiger partial charge in [0, 0.05) is 11.6 Å². The van der Waals surface area contributed by atoms with Crippen LogP contribution >= 0.6 is 0 Å². The highest BCUT2D eigenvalue weighted by molar-refractivity contribution is 5.58. The van der Waals surface area contributed by atoms with E-state index in [0.717, 1.165) is 11.4 Å². The van der Waals surface area contributed by atoms with Gasteiger partial charge in [-0.15, -0.1) is 5.10 Å². The van der Waals surface area contributed by atoms with Crippen molar-refractivity contribution in [1.29, 1.82) is 0 Å². The highest BCUT2D eigenvalue weighted by Gasteiger charge is 2.10. The molecule has 0 amide bonds. The Bertz CT molecular complexity index is 748. The summed E-state index contributed by atoms with van der Waals surface area (Å²) in [7, 11) is 0. The van der Waals surface area contributed by atoms with Gasteiger partial charge in [-0.3, -0.25) is 0 Å². The fourth-order valence-corrected chi connectivity index (χ4v) is 2.02. The van der Waals surface area contributed by atoms with Gasteiger partial charge in [-0.25, -0.2) is 15.0 Å². The van der Waals surface area contributed by atoms with Crippen LogP contribution in [0.1, 0.15) is 11.6 Å². The van der Waals surface area contributed by atoms with Gasteiger partial charge in [-0.05, 0) is 13.8 Å². The second-order valence-electron chi connectivity index (χ2n) is 4.46. The van der Waals surface area contributed by atoms with Gasteiger partial charge in [0.15, 0.2) is 11.6 Å². The lowest BCUT2D eigenvalue weighted by molar-refractivity contribution is 0.801. The molecule has 2 N–H and O–H groups in total. The summed E-state index contributed by atoms with van der Waals surface area (Å²) in [6.07, 6.45) is 0. The first-order valence-electron chi connectivity index (χ1n) is 6.24. The highest BCUT2D eigenvalue weighted by atomic mass is 15.4. The third kappa shape index (κ3) is 2.23. The maximum Gasteiger partial charge on any atom is 0.163 e. The molecule has 0 fully saturated rings. The number of aromatic nitrogens is 5. The number of hydrogen-bond donors (Lipinski definition) is 1. The predicted octanol–water partition coefficient (Wildman–Crippen LogP) is 1.92. The number of nitrogens with zero attached hydrogens (tertiary/aromatic N) is 5. The number of nitrogens with two attached hydrogens (primary N) is 1. The van der Waals surface area contributed by atoms with Gasteiger partial charge in [-0.1, -0.05) is 30.3 Å². The largest absolute Gasteiger partial charge is 0.384 e. The molecule has 0 bridgehead atoms. The standard InChI is InChI=1S/C14H14N6/c1-9-16-10(2)20(19-9)13-8-12(15)17-14(18-13)11-6-4-3-5-7-11/h3-8H,1-2H3,(H2,15,17,18). The Morgan fingerprint density at radius 1 is 1.00 bits per heavy atom. The summed E-state index contributed by atoms with van der Waals surface area (Å²) >= 11 is 0. The number of aryl methyl sites for hydroxylation is 2. The van der Waals surface area contributed by atoms with E-state index in [1.165, 1.54) is 0 Å². The summed E-state index contributed by atoms with van der Waals surface area (Å²) in [6.45, 7) is 3.71. The molecule has 0 aliphatic carbocycles. The number of anilines is 1. The molecule has 20 heavy (non-hydrogen) atoms. The summed E-state index contributed by atoms with van der Waals surface area (Å²) in [4.78, 5) is 13.1. The lowest BCUT2D eigenvalue weighted by atomic mass is 10.2. The number of benzene rings is 1.